The van der Waals surface area contributed by atoms with Crippen LogP contribution in [0.25, 0.3) is 10.9 Å². The molecular weight excluding hydrogens is 238 g/mol. The predicted octanol–water partition coefficient (Wildman–Crippen LogP) is 3.59. The predicted molar refractivity (Wildman–Crippen MR) is 79.3 cm³/mol. The van der Waals surface area contributed by atoms with Gasteiger partial charge in [-0.15, -0.1) is 0 Å². The number of aromatic amines is 1. The van der Waals surface area contributed by atoms with Gasteiger partial charge in [-0.1, -0.05) is 33.8 Å². The largest absolute Gasteiger partial charge is 0.364 e. The number of carbonyl (C=O) groups is 1. The third kappa shape index (κ3) is 3.34. The van der Waals surface area contributed by atoms with Crippen LogP contribution < -0.4 is 5.73 Å². The highest BCUT2D eigenvalue weighted by atomic mass is 16.1. The third-order valence-electron chi connectivity index (χ3n) is 2.87. The summed E-state index contributed by atoms with van der Waals surface area (Å²) in [6, 6.07) is 6.07. The van der Waals surface area contributed by atoms with Gasteiger partial charge < -0.3 is 5.73 Å². The van der Waals surface area contributed by atoms with E-state index in [4.69, 9.17) is 5.73 Å². The summed E-state index contributed by atoms with van der Waals surface area (Å²) in [5.74, 6) is 0.194. The molecule has 3 N–H and O–H groups in total. The number of carbonyl (C=O) groups excluding carboxylic acids is 1. The van der Waals surface area contributed by atoms with Crippen molar-refractivity contribution in [3.63, 3.8) is 0 Å². The molecule has 2 aromatic rings. The van der Waals surface area contributed by atoms with Gasteiger partial charge in [-0.3, -0.25) is 9.89 Å². The van der Waals surface area contributed by atoms with Crippen LogP contribution in [0.15, 0.2) is 18.2 Å². The summed E-state index contributed by atoms with van der Waals surface area (Å²) in [7, 11) is 0. The van der Waals surface area contributed by atoms with Gasteiger partial charge in [-0.2, -0.15) is 5.10 Å². The first kappa shape index (κ1) is 15.2. The minimum absolute atomic E-state index is 0.340. The lowest BCUT2D eigenvalue weighted by Crippen LogP contribution is -2.11. The number of nitrogens with zero attached hydrogens (tertiary/aromatic N) is 1. The third-order valence-corrected chi connectivity index (χ3v) is 2.87. The van der Waals surface area contributed by atoms with E-state index < -0.39 is 5.91 Å². The molecule has 0 spiro atoms. The molecular formula is C15H23N3O. The Bertz CT molecular complexity index is 541. The van der Waals surface area contributed by atoms with Crippen LogP contribution in [0.4, 0.5) is 0 Å². The van der Waals surface area contributed by atoms with E-state index in [0.717, 1.165) is 10.9 Å². The number of hydrogen-bond donors (Lipinski definition) is 2. The van der Waals surface area contributed by atoms with Gasteiger partial charge in [-0.25, -0.2) is 0 Å². The molecule has 104 valence electrons. The molecule has 1 aliphatic rings. The standard InChI is InChI=1S/C11H11N3O.2C2H6/c12-11(15)10-8-5-7(6-1-2-6)3-4-9(8)13-14-10;2*1-2/h3-6H,1-2H2,(H2,12,15)(H,13,14);2*1-2H3. The fourth-order valence-electron chi connectivity index (χ4n) is 1.89. The molecule has 3 rings (SSSR count). The first-order valence-electron chi connectivity index (χ1n) is 7.03. The Balaban J connectivity index is 0.000000415. The van der Waals surface area contributed by atoms with Gasteiger partial charge in [0.1, 0.15) is 0 Å². The van der Waals surface area contributed by atoms with Gasteiger partial charge in [0, 0.05) is 5.39 Å². The highest BCUT2D eigenvalue weighted by Crippen LogP contribution is 2.40. The Morgan fingerprint density at radius 3 is 2.42 bits per heavy atom. The number of nitrogens with one attached hydrogen (secondary N) is 1. The number of rotatable bonds is 2. The van der Waals surface area contributed by atoms with Crippen molar-refractivity contribution >= 4 is 16.8 Å². The first-order chi connectivity index (χ1) is 9.25. The SMILES string of the molecule is CC.CC.NC(=O)c1n[nH]c2ccc(C3CC3)cc12. The van der Waals surface area contributed by atoms with Crippen LogP contribution in [-0.2, 0) is 0 Å². The van der Waals surface area contributed by atoms with E-state index in [9.17, 15) is 4.79 Å². The Morgan fingerprint density at radius 2 is 1.89 bits per heavy atom. The van der Waals surface area contributed by atoms with Gasteiger partial charge in [0.25, 0.3) is 5.91 Å². The lowest BCUT2D eigenvalue weighted by molar-refractivity contribution is 0.0997. The molecule has 4 nitrogen and oxygen atoms in total. The van der Waals surface area contributed by atoms with Crippen LogP contribution >= 0.6 is 0 Å². The maximum absolute atomic E-state index is 11.1. The zero-order valence-electron chi connectivity index (χ0n) is 12.2. The molecule has 0 aliphatic heterocycles. The Labute approximate surface area is 114 Å². The fourth-order valence-corrected chi connectivity index (χ4v) is 1.89. The quantitative estimate of drug-likeness (QED) is 0.867. The number of primary amides is 1. The highest BCUT2D eigenvalue weighted by Gasteiger charge is 2.24. The minimum atomic E-state index is -0.478. The molecule has 1 aliphatic carbocycles. The van der Waals surface area contributed by atoms with Crippen molar-refractivity contribution in [1.82, 2.24) is 10.2 Å². The van der Waals surface area contributed by atoms with Gasteiger partial charge in [0.15, 0.2) is 5.69 Å². The molecule has 0 atom stereocenters. The van der Waals surface area contributed by atoms with Crippen molar-refractivity contribution in [2.75, 3.05) is 0 Å². The average Bonchev–Trinajstić information content (AvgIpc) is 3.22. The van der Waals surface area contributed by atoms with E-state index in [-0.39, 0.29) is 0 Å². The van der Waals surface area contributed by atoms with Crippen molar-refractivity contribution < 1.29 is 4.79 Å². The second-order valence-electron chi connectivity index (χ2n) is 4.02. The molecule has 1 saturated carbocycles. The van der Waals surface area contributed by atoms with Crippen LogP contribution in [-0.4, -0.2) is 16.1 Å². The Hall–Kier alpha value is -1.84. The summed E-state index contributed by atoms with van der Waals surface area (Å²) in [5, 5.41) is 7.56. The lowest BCUT2D eigenvalue weighted by Gasteiger charge is -1.97. The van der Waals surface area contributed by atoms with Gasteiger partial charge in [0.2, 0.25) is 0 Å². The van der Waals surface area contributed by atoms with Crippen LogP contribution in [0, 0.1) is 0 Å². The first-order valence-corrected chi connectivity index (χ1v) is 7.03. The molecule has 0 saturated heterocycles. The van der Waals surface area contributed by atoms with E-state index in [1.165, 1.54) is 18.4 Å². The number of fused-ring (bicyclic) bond motifs is 1. The molecule has 1 heterocycles. The maximum atomic E-state index is 11.1. The van der Waals surface area contributed by atoms with E-state index in [1.54, 1.807) is 0 Å². The Kier molecular flexibility index (Phi) is 5.55. The van der Waals surface area contributed by atoms with E-state index in [2.05, 4.69) is 16.3 Å². The Morgan fingerprint density at radius 1 is 1.26 bits per heavy atom. The number of nitrogens with two attached hydrogens (primary N) is 1. The zero-order valence-corrected chi connectivity index (χ0v) is 12.2. The molecule has 1 fully saturated rings. The van der Waals surface area contributed by atoms with Gasteiger partial charge >= 0.3 is 0 Å². The molecule has 0 radical (unpaired) electrons. The summed E-state index contributed by atoms with van der Waals surface area (Å²) >= 11 is 0. The minimum Gasteiger partial charge on any atom is -0.364 e. The van der Waals surface area contributed by atoms with Crippen molar-refractivity contribution in [2.24, 2.45) is 5.73 Å². The summed E-state index contributed by atoms with van der Waals surface area (Å²) in [4.78, 5) is 11.1. The topological polar surface area (TPSA) is 71.8 Å². The maximum Gasteiger partial charge on any atom is 0.269 e. The molecule has 1 aromatic heterocycles. The number of amides is 1. The summed E-state index contributed by atoms with van der Waals surface area (Å²) < 4.78 is 0. The van der Waals surface area contributed by atoms with Crippen LogP contribution in [0.3, 0.4) is 0 Å². The highest BCUT2D eigenvalue weighted by molar-refractivity contribution is 6.04. The molecule has 0 unspecified atom stereocenters. The van der Waals surface area contributed by atoms with E-state index in [0.29, 0.717) is 11.6 Å². The molecule has 19 heavy (non-hydrogen) atoms. The number of hydrogen-bond acceptors (Lipinski definition) is 2. The number of H-pyrrole nitrogens is 1. The smallest absolute Gasteiger partial charge is 0.269 e. The number of benzene rings is 1. The summed E-state index contributed by atoms with van der Waals surface area (Å²) in [6.45, 7) is 8.00. The van der Waals surface area contributed by atoms with Crippen LogP contribution in [0.1, 0.15) is 62.5 Å². The lowest BCUT2D eigenvalue weighted by atomic mass is 10.1. The van der Waals surface area contributed by atoms with Crippen molar-refractivity contribution in [3.8, 4) is 0 Å². The van der Waals surface area contributed by atoms with Crippen molar-refractivity contribution in [2.45, 2.75) is 46.5 Å². The van der Waals surface area contributed by atoms with Crippen LogP contribution in [0.5, 0.6) is 0 Å². The fraction of sp³-hybridized carbons (Fsp3) is 0.467. The zero-order chi connectivity index (χ0) is 14.4. The van der Waals surface area contributed by atoms with Crippen LogP contribution in [0.2, 0.25) is 0 Å². The van der Waals surface area contributed by atoms with Crippen molar-refractivity contribution in [1.29, 1.82) is 0 Å². The molecule has 4 heteroatoms. The summed E-state index contributed by atoms with van der Waals surface area (Å²) in [6.07, 6.45) is 2.49. The van der Waals surface area contributed by atoms with E-state index in [1.807, 2.05) is 39.8 Å². The normalized spacial score (nSPS) is 13.1. The number of aromatic nitrogens is 2. The second-order valence-corrected chi connectivity index (χ2v) is 4.02. The average molecular weight is 261 g/mol. The second kappa shape index (κ2) is 6.92. The summed E-state index contributed by atoms with van der Waals surface area (Å²) in [5.41, 5.74) is 7.74. The molecule has 1 aromatic carbocycles. The van der Waals surface area contributed by atoms with E-state index >= 15 is 0 Å². The molecule has 0 bridgehead atoms. The van der Waals surface area contributed by atoms with Gasteiger partial charge in [-0.05, 0) is 36.5 Å². The monoisotopic (exact) mass is 261 g/mol. The molecule has 1 amide bonds. The van der Waals surface area contributed by atoms with Crippen molar-refractivity contribution in [3.05, 3.63) is 29.5 Å². The van der Waals surface area contributed by atoms with Gasteiger partial charge in [0.05, 0.1) is 5.52 Å².